The lowest BCUT2D eigenvalue weighted by Crippen LogP contribution is -2.17. The zero-order chi connectivity index (χ0) is 32.9. The number of benzene rings is 4. The number of hydrazone groups is 1. The first-order valence-corrected chi connectivity index (χ1v) is 15.4. The average molecular weight is 694 g/mol. The standard InChI is InChI=1S/C36H29BrN4O6/c1-23-10-11-24(2)40(23)29-12-14-30(15-13-29)45-22-31-16-17-34(47-31)36(42)39-38-20-27-18-28(37)19-33(41(43)44)35(27)46-21-26-8-5-7-25-6-3-4-9-32(25)26/h3-20H,21-22H2,1-2H3,(H,39,42)/b38-20+. The maximum Gasteiger partial charge on any atom is 0.312 e. The van der Waals surface area contributed by atoms with Crippen molar-refractivity contribution in [2.24, 2.45) is 5.10 Å². The first-order valence-electron chi connectivity index (χ1n) is 14.6. The molecule has 47 heavy (non-hydrogen) atoms. The minimum atomic E-state index is -0.600. The molecule has 11 heteroatoms. The van der Waals surface area contributed by atoms with Gasteiger partial charge in [-0.1, -0.05) is 58.4 Å². The second kappa shape index (κ2) is 13.8. The summed E-state index contributed by atoms with van der Waals surface area (Å²) in [5, 5.41) is 18.0. The Morgan fingerprint density at radius 1 is 0.936 bits per heavy atom. The molecule has 0 spiro atoms. The average Bonchev–Trinajstić information content (AvgIpc) is 3.69. The van der Waals surface area contributed by atoms with Crippen molar-refractivity contribution >= 4 is 44.5 Å². The molecule has 0 aliphatic carbocycles. The SMILES string of the molecule is Cc1ccc(C)n1-c1ccc(OCc2ccc(C(=O)N/N=C/c3cc(Br)cc([N+](=O)[O-])c3OCc3cccc4ccccc34)o2)cc1. The number of ether oxygens (including phenoxy) is 2. The number of nitrogens with zero attached hydrogens (tertiary/aromatic N) is 3. The van der Waals surface area contributed by atoms with E-state index >= 15 is 0 Å². The normalized spacial score (nSPS) is 11.2. The number of furan rings is 1. The van der Waals surface area contributed by atoms with Crippen molar-refractivity contribution < 1.29 is 23.6 Å². The summed E-state index contributed by atoms with van der Waals surface area (Å²) >= 11 is 3.32. The van der Waals surface area contributed by atoms with Gasteiger partial charge in [0, 0.05) is 33.2 Å². The van der Waals surface area contributed by atoms with E-state index in [4.69, 9.17) is 13.9 Å². The van der Waals surface area contributed by atoms with E-state index in [0.29, 0.717) is 21.5 Å². The van der Waals surface area contributed by atoms with Crippen LogP contribution in [-0.2, 0) is 13.2 Å². The van der Waals surface area contributed by atoms with E-state index in [1.165, 1.54) is 18.3 Å². The van der Waals surface area contributed by atoms with Crippen LogP contribution in [0.15, 0.2) is 117 Å². The van der Waals surface area contributed by atoms with Crippen LogP contribution in [0, 0.1) is 24.0 Å². The fraction of sp³-hybridized carbons (Fsp3) is 0.111. The van der Waals surface area contributed by atoms with Crippen LogP contribution in [0.3, 0.4) is 0 Å². The minimum absolute atomic E-state index is 0.0215. The maximum absolute atomic E-state index is 12.8. The van der Waals surface area contributed by atoms with E-state index in [0.717, 1.165) is 33.4 Å². The maximum atomic E-state index is 12.8. The van der Waals surface area contributed by atoms with Gasteiger partial charge in [-0.25, -0.2) is 5.43 Å². The van der Waals surface area contributed by atoms with Crippen LogP contribution in [0.4, 0.5) is 5.69 Å². The number of fused-ring (bicyclic) bond motifs is 1. The molecular weight excluding hydrogens is 664 g/mol. The molecule has 0 saturated carbocycles. The lowest BCUT2D eigenvalue weighted by atomic mass is 10.1. The van der Waals surface area contributed by atoms with E-state index in [1.807, 2.05) is 66.7 Å². The third-order valence-corrected chi connectivity index (χ3v) is 7.97. The number of halogens is 1. The molecule has 4 aromatic carbocycles. The summed E-state index contributed by atoms with van der Waals surface area (Å²) in [6, 6.07) is 31.7. The molecule has 0 saturated heterocycles. The topological polar surface area (TPSA) is 121 Å². The number of aryl methyl sites for hydroxylation is 2. The Kier molecular flexibility index (Phi) is 9.16. The number of nitrogens with one attached hydrogen (secondary N) is 1. The van der Waals surface area contributed by atoms with Crippen molar-refractivity contribution in [2.45, 2.75) is 27.1 Å². The Morgan fingerprint density at radius 2 is 1.68 bits per heavy atom. The zero-order valence-corrected chi connectivity index (χ0v) is 27.1. The van der Waals surface area contributed by atoms with Gasteiger partial charge in [-0.15, -0.1) is 0 Å². The molecule has 0 fully saturated rings. The number of hydrogen-bond acceptors (Lipinski definition) is 7. The van der Waals surface area contributed by atoms with Crippen LogP contribution < -0.4 is 14.9 Å². The van der Waals surface area contributed by atoms with Crippen LogP contribution in [0.2, 0.25) is 0 Å². The number of nitro groups is 1. The molecule has 0 aliphatic heterocycles. The molecule has 6 aromatic rings. The van der Waals surface area contributed by atoms with Crippen LogP contribution in [-0.4, -0.2) is 21.6 Å². The molecule has 0 bridgehead atoms. The summed E-state index contributed by atoms with van der Waals surface area (Å²) in [6.45, 7) is 4.32. The number of amides is 1. The summed E-state index contributed by atoms with van der Waals surface area (Å²) < 4.78 is 20.1. The molecule has 1 amide bonds. The first-order chi connectivity index (χ1) is 22.8. The molecule has 1 N–H and O–H groups in total. The molecule has 2 aromatic heterocycles. The van der Waals surface area contributed by atoms with E-state index in [9.17, 15) is 14.9 Å². The molecule has 0 unspecified atom stereocenters. The van der Waals surface area contributed by atoms with Crippen molar-refractivity contribution in [3.05, 3.63) is 152 Å². The van der Waals surface area contributed by atoms with Gasteiger partial charge >= 0.3 is 11.6 Å². The highest BCUT2D eigenvalue weighted by atomic mass is 79.9. The summed E-state index contributed by atoms with van der Waals surface area (Å²) in [5.41, 5.74) is 6.66. The predicted molar refractivity (Wildman–Crippen MR) is 182 cm³/mol. The monoisotopic (exact) mass is 692 g/mol. The van der Waals surface area contributed by atoms with Gasteiger partial charge in [0.2, 0.25) is 5.75 Å². The van der Waals surface area contributed by atoms with E-state index < -0.39 is 10.8 Å². The summed E-state index contributed by atoms with van der Waals surface area (Å²) in [4.78, 5) is 24.2. The van der Waals surface area contributed by atoms with Gasteiger partial charge in [0.15, 0.2) is 5.76 Å². The predicted octanol–water partition coefficient (Wildman–Crippen LogP) is 8.43. The number of hydrogen-bond donors (Lipinski definition) is 1. The quantitative estimate of drug-likeness (QED) is 0.0826. The van der Waals surface area contributed by atoms with Crippen LogP contribution in [0.1, 0.15) is 38.8 Å². The number of rotatable bonds is 11. The van der Waals surface area contributed by atoms with Gasteiger partial charge in [0.1, 0.15) is 24.7 Å². The molecule has 2 heterocycles. The van der Waals surface area contributed by atoms with Gasteiger partial charge in [-0.2, -0.15) is 5.10 Å². The summed E-state index contributed by atoms with van der Waals surface area (Å²) in [5.74, 6) is 0.560. The van der Waals surface area contributed by atoms with Gasteiger partial charge in [-0.05, 0) is 84.8 Å². The first kappa shape index (κ1) is 31.3. The summed E-state index contributed by atoms with van der Waals surface area (Å²) in [7, 11) is 0. The van der Waals surface area contributed by atoms with Gasteiger partial charge in [-0.3, -0.25) is 14.9 Å². The third-order valence-electron chi connectivity index (χ3n) is 7.51. The van der Waals surface area contributed by atoms with Crippen LogP contribution in [0.25, 0.3) is 16.5 Å². The molecule has 0 atom stereocenters. The van der Waals surface area contributed by atoms with Crippen molar-refractivity contribution in [1.82, 2.24) is 9.99 Å². The largest absolute Gasteiger partial charge is 0.486 e. The zero-order valence-electron chi connectivity index (χ0n) is 25.5. The van der Waals surface area contributed by atoms with Crippen molar-refractivity contribution in [3.63, 3.8) is 0 Å². The van der Waals surface area contributed by atoms with Crippen molar-refractivity contribution in [3.8, 4) is 17.2 Å². The Bertz CT molecular complexity index is 2090. The smallest absolute Gasteiger partial charge is 0.312 e. The third kappa shape index (κ3) is 7.10. The minimum Gasteiger partial charge on any atom is -0.486 e. The highest BCUT2D eigenvalue weighted by Gasteiger charge is 2.21. The lowest BCUT2D eigenvalue weighted by Gasteiger charge is -2.12. The Labute approximate surface area is 278 Å². The lowest BCUT2D eigenvalue weighted by molar-refractivity contribution is -0.386. The molecule has 0 radical (unpaired) electrons. The molecule has 10 nitrogen and oxygen atoms in total. The highest BCUT2D eigenvalue weighted by molar-refractivity contribution is 9.10. The van der Waals surface area contributed by atoms with Gasteiger partial charge in [0.05, 0.1) is 11.1 Å². The Balaban J connectivity index is 1.10. The molecule has 0 aliphatic rings. The number of nitro benzene ring substituents is 1. The number of aromatic nitrogens is 1. The van der Waals surface area contributed by atoms with Crippen molar-refractivity contribution in [2.75, 3.05) is 0 Å². The fourth-order valence-corrected chi connectivity index (χ4v) is 5.74. The molecule has 6 rings (SSSR count). The van der Waals surface area contributed by atoms with E-state index in [2.05, 4.69) is 57.0 Å². The van der Waals surface area contributed by atoms with E-state index in [-0.39, 0.29) is 30.4 Å². The summed E-state index contributed by atoms with van der Waals surface area (Å²) in [6.07, 6.45) is 1.29. The molecule has 236 valence electrons. The fourth-order valence-electron chi connectivity index (χ4n) is 5.27. The van der Waals surface area contributed by atoms with E-state index in [1.54, 1.807) is 12.1 Å². The van der Waals surface area contributed by atoms with Gasteiger partial charge < -0.3 is 18.5 Å². The second-order valence-corrected chi connectivity index (χ2v) is 11.6. The van der Waals surface area contributed by atoms with Crippen LogP contribution >= 0.6 is 15.9 Å². The number of carbonyl (C=O) groups excluding carboxylic acids is 1. The van der Waals surface area contributed by atoms with Crippen LogP contribution in [0.5, 0.6) is 11.5 Å². The van der Waals surface area contributed by atoms with Crippen molar-refractivity contribution in [1.29, 1.82) is 0 Å². The highest BCUT2D eigenvalue weighted by Crippen LogP contribution is 2.35. The number of carbonyl (C=O) groups is 1. The second-order valence-electron chi connectivity index (χ2n) is 10.7. The molecular formula is C36H29BrN4O6. The Hall–Kier alpha value is -5.68. The Morgan fingerprint density at radius 3 is 2.45 bits per heavy atom. The van der Waals surface area contributed by atoms with Gasteiger partial charge in [0.25, 0.3) is 0 Å².